The molecular formula is C10H13N5O2. The number of hydrogen-bond donors (Lipinski definition) is 1. The molecule has 0 radical (unpaired) electrons. The summed E-state index contributed by atoms with van der Waals surface area (Å²) in [4.78, 5) is 16.3. The molecule has 0 aliphatic rings. The van der Waals surface area contributed by atoms with Crippen LogP contribution in [-0.2, 0) is 0 Å². The normalized spacial score (nSPS) is 10.7. The van der Waals surface area contributed by atoms with E-state index in [1.54, 1.807) is 0 Å². The minimum Gasteiger partial charge on any atom is -0.355 e. The Hall–Kier alpha value is -2.18. The molecule has 2 aromatic heterocycles. The number of aromatic nitrogens is 3. The van der Waals surface area contributed by atoms with E-state index >= 15 is 0 Å². The van der Waals surface area contributed by atoms with E-state index in [0.717, 1.165) is 13.1 Å². The van der Waals surface area contributed by atoms with Crippen LogP contribution in [-0.4, -0.2) is 33.2 Å². The van der Waals surface area contributed by atoms with Gasteiger partial charge in [0.15, 0.2) is 11.5 Å². The van der Waals surface area contributed by atoms with E-state index < -0.39 is 4.92 Å². The highest BCUT2D eigenvalue weighted by Gasteiger charge is 2.15. The lowest BCUT2D eigenvalue weighted by Crippen LogP contribution is -2.22. The van der Waals surface area contributed by atoms with Crippen LogP contribution in [0.5, 0.6) is 0 Å². The van der Waals surface area contributed by atoms with Gasteiger partial charge < -0.3 is 4.90 Å². The zero-order chi connectivity index (χ0) is 12.4. The predicted octanol–water partition coefficient (Wildman–Crippen LogP) is 1.71. The maximum Gasteiger partial charge on any atom is 0.288 e. The Bertz CT molecular complexity index is 547. The average molecular weight is 235 g/mol. The Kier molecular flexibility index (Phi) is 2.90. The predicted molar refractivity (Wildman–Crippen MR) is 64.1 cm³/mol. The van der Waals surface area contributed by atoms with Crippen LogP contribution < -0.4 is 4.90 Å². The summed E-state index contributed by atoms with van der Waals surface area (Å²) in [6, 6.07) is 1.50. The van der Waals surface area contributed by atoms with Crippen molar-refractivity contribution >= 4 is 22.5 Å². The minimum atomic E-state index is -0.453. The zero-order valence-corrected chi connectivity index (χ0v) is 9.67. The van der Waals surface area contributed by atoms with Gasteiger partial charge in [-0.3, -0.25) is 15.2 Å². The Morgan fingerprint density at radius 1 is 1.47 bits per heavy atom. The smallest absolute Gasteiger partial charge is 0.288 e. The first kappa shape index (κ1) is 11.3. The van der Waals surface area contributed by atoms with Gasteiger partial charge in [0.1, 0.15) is 6.20 Å². The fourth-order valence-corrected chi connectivity index (χ4v) is 1.74. The molecule has 2 heterocycles. The maximum atomic E-state index is 10.7. The Morgan fingerprint density at radius 3 is 2.76 bits per heavy atom. The number of nitrogens with zero attached hydrogens (tertiary/aromatic N) is 4. The summed E-state index contributed by atoms with van der Waals surface area (Å²) in [5.74, 6) is 0.709. The number of hydrogen-bond acceptors (Lipinski definition) is 5. The Labute approximate surface area is 97.6 Å². The van der Waals surface area contributed by atoms with Crippen LogP contribution in [0.15, 0.2) is 12.3 Å². The van der Waals surface area contributed by atoms with Gasteiger partial charge in [0.2, 0.25) is 0 Å². The maximum absolute atomic E-state index is 10.7. The van der Waals surface area contributed by atoms with Crippen LogP contribution in [0.4, 0.5) is 11.5 Å². The van der Waals surface area contributed by atoms with Crippen LogP contribution >= 0.6 is 0 Å². The van der Waals surface area contributed by atoms with Gasteiger partial charge in [0, 0.05) is 19.2 Å². The Morgan fingerprint density at radius 2 is 2.18 bits per heavy atom. The molecular weight excluding hydrogens is 222 g/mol. The van der Waals surface area contributed by atoms with Crippen LogP contribution in [0.1, 0.15) is 13.8 Å². The summed E-state index contributed by atoms with van der Waals surface area (Å²) in [6.07, 6.45) is 1.23. The highest BCUT2D eigenvalue weighted by Crippen LogP contribution is 2.25. The third kappa shape index (κ3) is 1.91. The van der Waals surface area contributed by atoms with Gasteiger partial charge in [-0.05, 0) is 13.8 Å². The van der Waals surface area contributed by atoms with Crippen molar-refractivity contribution < 1.29 is 4.92 Å². The second-order valence-electron chi connectivity index (χ2n) is 3.57. The summed E-state index contributed by atoms with van der Waals surface area (Å²) in [5.41, 5.74) is 0.546. The number of pyridine rings is 1. The van der Waals surface area contributed by atoms with E-state index in [-0.39, 0.29) is 5.69 Å². The molecule has 0 bridgehead atoms. The van der Waals surface area contributed by atoms with Crippen molar-refractivity contribution in [2.45, 2.75) is 13.8 Å². The molecule has 90 valence electrons. The number of fused-ring (bicyclic) bond motifs is 1. The molecule has 2 aromatic rings. The van der Waals surface area contributed by atoms with Crippen molar-refractivity contribution in [2.24, 2.45) is 0 Å². The van der Waals surface area contributed by atoms with Crippen molar-refractivity contribution in [2.75, 3.05) is 18.0 Å². The number of rotatable bonds is 4. The minimum absolute atomic E-state index is 0.0210. The van der Waals surface area contributed by atoms with Gasteiger partial charge >= 0.3 is 0 Å². The summed E-state index contributed by atoms with van der Waals surface area (Å²) in [7, 11) is 0. The van der Waals surface area contributed by atoms with Gasteiger partial charge in [-0.2, -0.15) is 5.10 Å². The van der Waals surface area contributed by atoms with Gasteiger partial charge in [-0.25, -0.2) is 4.98 Å². The quantitative estimate of drug-likeness (QED) is 0.643. The third-order valence-corrected chi connectivity index (χ3v) is 2.66. The number of H-pyrrole nitrogens is 1. The van der Waals surface area contributed by atoms with Gasteiger partial charge in [0.25, 0.3) is 5.69 Å². The molecule has 0 spiro atoms. The van der Waals surface area contributed by atoms with Crippen molar-refractivity contribution in [1.29, 1.82) is 0 Å². The topological polar surface area (TPSA) is 88.0 Å². The molecule has 1 N–H and O–H groups in total. The molecule has 7 nitrogen and oxygen atoms in total. The van der Waals surface area contributed by atoms with Gasteiger partial charge in [0.05, 0.1) is 10.3 Å². The molecule has 7 heteroatoms. The van der Waals surface area contributed by atoms with E-state index in [1.165, 1.54) is 12.3 Å². The van der Waals surface area contributed by atoms with Gasteiger partial charge in [-0.1, -0.05) is 0 Å². The second-order valence-corrected chi connectivity index (χ2v) is 3.57. The summed E-state index contributed by atoms with van der Waals surface area (Å²) in [5, 5.41) is 18.3. The number of nitro groups is 1. The molecule has 0 atom stereocenters. The van der Waals surface area contributed by atoms with E-state index in [2.05, 4.69) is 15.2 Å². The Balaban J connectivity index is 2.57. The van der Waals surface area contributed by atoms with E-state index in [0.29, 0.717) is 16.9 Å². The fraction of sp³-hybridized carbons (Fsp3) is 0.400. The molecule has 17 heavy (non-hydrogen) atoms. The van der Waals surface area contributed by atoms with Crippen molar-refractivity contribution in [3.8, 4) is 0 Å². The lowest BCUT2D eigenvalue weighted by molar-refractivity contribution is -0.385. The number of nitrogens with one attached hydrogen (secondary N) is 1. The van der Waals surface area contributed by atoms with Crippen LogP contribution in [0.2, 0.25) is 0 Å². The monoisotopic (exact) mass is 235 g/mol. The molecule has 0 saturated heterocycles. The largest absolute Gasteiger partial charge is 0.355 e. The standard InChI is InChI=1S/C10H13N5O2/c1-3-14(4-2)10-8-5-7(15(16)17)6-11-9(8)12-13-10/h5-6H,3-4H2,1-2H3,(H,11,12,13). The molecule has 2 rings (SSSR count). The second kappa shape index (κ2) is 4.36. The van der Waals surface area contributed by atoms with Crippen LogP contribution in [0, 0.1) is 10.1 Å². The number of anilines is 1. The molecule has 0 saturated carbocycles. The highest BCUT2D eigenvalue weighted by atomic mass is 16.6. The van der Waals surface area contributed by atoms with Gasteiger partial charge in [-0.15, -0.1) is 0 Å². The van der Waals surface area contributed by atoms with E-state index in [1.807, 2.05) is 18.7 Å². The number of aromatic amines is 1. The first-order valence-electron chi connectivity index (χ1n) is 5.40. The van der Waals surface area contributed by atoms with Crippen LogP contribution in [0.25, 0.3) is 11.0 Å². The highest BCUT2D eigenvalue weighted by molar-refractivity contribution is 5.88. The summed E-state index contributed by atoms with van der Waals surface area (Å²) < 4.78 is 0. The van der Waals surface area contributed by atoms with Crippen molar-refractivity contribution in [3.63, 3.8) is 0 Å². The molecule has 0 aromatic carbocycles. The molecule has 0 aliphatic heterocycles. The zero-order valence-electron chi connectivity index (χ0n) is 9.67. The van der Waals surface area contributed by atoms with Crippen LogP contribution in [0.3, 0.4) is 0 Å². The first-order valence-corrected chi connectivity index (χ1v) is 5.40. The molecule has 0 aliphatic carbocycles. The molecule has 0 fully saturated rings. The van der Waals surface area contributed by atoms with Crippen molar-refractivity contribution in [1.82, 2.24) is 15.2 Å². The molecule has 0 amide bonds. The van der Waals surface area contributed by atoms with E-state index in [4.69, 9.17) is 0 Å². The van der Waals surface area contributed by atoms with Crippen molar-refractivity contribution in [3.05, 3.63) is 22.4 Å². The van der Waals surface area contributed by atoms with E-state index in [9.17, 15) is 10.1 Å². The lowest BCUT2D eigenvalue weighted by Gasteiger charge is -2.17. The summed E-state index contributed by atoms with van der Waals surface area (Å²) in [6.45, 7) is 5.60. The first-order chi connectivity index (χ1) is 8.17. The average Bonchev–Trinajstić information content (AvgIpc) is 2.74. The fourth-order valence-electron chi connectivity index (χ4n) is 1.74. The lowest BCUT2D eigenvalue weighted by atomic mass is 10.3. The summed E-state index contributed by atoms with van der Waals surface area (Å²) >= 11 is 0. The SMILES string of the molecule is CCN(CC)c1n[nH]c2ncc([N+](=O)[O-])cc12. The molecule has 0 unspecified atom stereocenters. The third-order valence-electron chi connectivity index (χ3n) is 2.66.